The Morgan fingerprint density at radius 1 is 1.10 bits per heavy atom. The molecule has 7 atom stereocenters. The van der Waals surface area contributed by atoms with Gasteiger partial charge in [-0.05, 0) is 50.2 Å². The van der Waals surface area contributed by atoms with E-state index in [9.17, 15) is 9.59 Å². The van der Waals surface area contributed by atoms with E-state index < -0.39 is 17.6 Å². The van der Waals surface area contributed by atoms with Crippen LogP contribution in [0.15, 0.2) is 30.3 Å². The highest BCUT2D eigenvalue weighted by Gasteiger charge is 2.71. The van der Waals surface area contributed by atoms with Crippen LogP contribution < -0.4 is 5.43 Å². The molecule has 1 saturated carbocycles. The Balaban J connectivity index is 1.56. The van der Waals surface area contributed by atoms with E-state index in [-0.39, 0.29) is 29.6 Å². The Bertz CT molecular complexity index is 832. The molecule has 0 radical (unpaired) electrons. The summed E-state index contributed by atoms with van der Waals surface area (Å²) in [6.07, 6.45) is 2.82. The number of benzene rings is 1. The molecule has 1 aromatic rings. The van der Waals surface area contributed by atoms with Crippen molar-refractivity contribution in [2.24, 2.45) is 23.7 Å². The van der Waals surface area contributed by atoms with Gasteiger partial charge in [0.2, 0.25) is 11.7 Å². The summed E-state index contributed by atoms with van der Waals surface area (Å²) in [6.45, 7) is 6.01. The predicted molar refractivity (Wildman–Crippen MR) is 103 cm³/mol. The number of piperidine rings is 1. The Hall–Kier alpha value is -1.96. The van der Waals surface area contributed by atoms with Crippen LogP contribution in [0.5, 0.6) is 0 Å². The highest BCUT2D eigenvalue weighted by molar-refractivity contribution is 5.95. The molecule has 1 N–H and O–H groups in total. The molecule has 5 aliphatic rings. The zero-order valence-electron chi connectivity index (χ0n) is 17.1. The van der Waals surface area contributed by atoms with E-state index in [2.05, 4.69) is 12.3 Å². The third-order valence-corrected chi connectivity index (χ3v) is 7.52. The molecular formula is C22H28N2O5. The van der Waals surface area contributed by atoms with Gasteiger partial charge < -0.3 is 4.74 Å². The number of carbonyl (C=O) groups is 2. The summed E-state index contributed by atoms with van der Waals surface area (Å²) in [5.74, 6) is -1.09. The van der Waals surface area contributed by atoms with Crippen molar-refractivity contribution >= 4 is 11.8 Å². The van der Waals surface area contributed by atoms with Gasteiger partial charge in [-0.2, -0.15) is 0 Å². The topological polar surface area (TPSA) is 77.1 Å². The molecular weight excluding hydrogens is 372 g/mol. The molecule has 1 aromatic carbocycles. The number of hydrazine groups is 1. The number of hydrogen-bond donors (Lipinski definition) is 1. The molecule has 4 heterocycles. The molecule has 29 heavy (non-hydrogen) atoms. The normalized spacial score (nSPS) is 43.5. The average molecular weight is 400 g/mol. The van der Waals surface area contributed by atoms with E-state index in [4.69, 9.17) is 14.5 Å². The van der Waals surface area contributed by atoms with Crippen LogP contribution in [0.4, 0.5) is 0 Å². The molecule has 2 bridgehead atoms. The van der Waals surface area contributed by atoms with Crippen LogP contribution in [0.2, 0.25) is 0 Å². The summed E-state index contributed by atoms with van der Waals surface area (Å²) in [5.41, 5.74) is 2.54. The van der Waals surface area contributed by atoms with Crippen molar-refractivity contribution in [3.63, 3.8) is 0 Å². The number of amides is 2. The first-order valence-electron chi connectivity index (χ1n) is 10.6. The first-order valence-corrected chi connectivity index (χ1v) is 10.6. The zero-order chi connectivity index (χ0) is 20.4. The minimum Gasteiger partial charge on any atom is -0.319 e. The van der Waals surface area contributed by atoms with Gasteiger partial charge in [0.15, 0.2) is 11.8 Å². The van der Waals surface area contributed by atoms with Gasteiger partial charge in [-0.3, -0.25) is 15.0 Å². The largest absolute Gasteiger partial charge is 0.319 e. The SMILES string of the molecule is C[C@@H]1CC[C@H]2[C@@H](C)C(=O)N(NC(=O)c3ccccc3)[C@@H]3OC4(C)CC[C@@H]1[C@@]23OO4. The quantitative estimate of drug-likeness (QED) is 0.773. The Labute approximate surface area is 170 Å². The van der Waals surface area contributed by atoms with Gasteiger partial charge in [0.1, 0.15) is 0 Å². The van der Waals surface area contributed by atoms with Gasteiger partial charge in [0.05, 0.1) is 0 Å². The molecule has 6 rings (SSSR count). The maximum atomic E-state index is 13.4. The average Bonchev–Trinajstić information content (AvgIpc) is 2.96. The second kappa shape index (κ2) is 6.52. The fraction of sp³-hybridized carbons (Fsp3) is 0.636. The van der Waals surface area contributed by atoms with Crippen LogP contribution >= 0.6 is 0 Å². The van der Waals surface area contributed by atoms with Gasteiger partial charge in [-0.15, -0.1) is 0 Å². The Morgan fingerprint density at radius 3 is 2.62 bits per heavy atom. The van der Waals surface area contributed by atoms with Crippen molar-refractivity contribution in [1.29, 1.82) is 0 Å². The van der Waals surface area contributed by atoms with Crippen molar-refractivity contribution in [2.45, 2.75) is 64.1 Å². The van der Waals surface area contributed by atoms with E-state index in [1.165, 1.54) is 5.01 Å². The van der Waals surface area contributed by atoms with E-state index in [0.29, 0.717) is 17.9 Å². The van der Waals surface area contributed by atoms with Crippen LogP contribution in [0.25, 0.3) is 0 Å². The third-order valence-electron chi connectivity index (χ3n) is 7.52. The van der Waals surface area contributed by atoms with E-state index in [0.717, 1.165) is 19.3 Å². The highest BCUT2D eigenvalue weighted by Crippen LogP contribution is 2.60. The van der Waals surface area contributed by atoms with Crippen LogP contribution in [0.3, 0.4) is 0 Å². The molecule has 1 spiro atoms. The zero-order valence-corrected chi connectivity index (χ0v) is 17.1. The lowest BCUT2D eigenvalue weighted by atomic mass is 9.57. The minimum atomic E-state index is -0.936. The standard InChI is InChI=1S/C22H28N2O5/c1-13-9-10-17-14(2)19(26)24(23-18(25)15-7-5-4-6-8-15)20-22(17)16(13)11-12-21(3,27-20)28-29-22/h4-8,13-14,16-17,20H,9-12H2,1-3H3,(H,23,25)/t13-,14-,16+,17+,20-,21?,22-/m1/s1. The molecule has 1 unspecified atom stereocenters. The summed E-state index contributed by atoms with van der Waals surface area (Å²) >= 11 is 0. The van der Waals surface area contributed by atoms with Crippen molar-refractivity contribution in [3.8, 4) is 0 Å². The number of ether oxygens (including phenoxy) is 1. The molecule has 1 aliphatic carbocycles. The van der Waals surface area contributed by atoms with Gasteiger partial charge in [0, 0.05) is 23.8 Å². The highest BCUT2D eigenvalue weighted by atomic mass is 17.3. The van der Waals surface area contributed by atoms with Crippen LogP contribution in [-0.2, 0) is 19.3 Å². The molecule has 7 nitrogen and oxygen atoms in total. The summed E-state index contributed by atoms with van der Waals surface area (Å²) < 4.78 is 6.39. The smallest absolute Gasteiger partial charge is 0.269 e. The molecule has 7 heteroatoms. The lowest BCUT2D eigenvalue weighted by Gasteiger charge is -2.61. The van der Waals surface area contributed by atoms with Crippen molar-refractivity contribution in [2.75, 3.05) is 0 Å². The number of rotatable bonds is 2. The molecule has 2 amide bonds. The molecule has 5 fully saturated rings. The van der Waals surface area contributed by atoms with Crippen LogP contribution in [0.1, 0.15) is 56.8 Å². The minimum absolute atomic E-state index is 0.00581. The lowest BCUT2D eigenvalue weighted by molar-refractivity contribution is -0.549. The molecule has 156 valence electrons. The second-order valence-corrected chi connectivity index (χ2v) is 9.23. The Kier molecular flexibility index (Phi) is 4.28. The van der Waals surface area contributed by atoms with Crippen molar-refractivity contribution in [1.82, 2.24) is 10.4 Å². The first-order chi connectivity index (χ1) is 13.9. The number of nitrogens with zero attached hydrogens (tertiary/aromatic N) is 1. The maximum Gasteiger partial charge on any atom is 0.269 e. The fourth-order valence-corrected chi connectivity index (χ4v) is 5.94. The van der Waals surface area contributed by atoms with Gasteiger partial charge in [-0.1, -0.05) is 32.0 Å². The summed E-state index contributed by atoms with van der Waals surface area (Å²) in [4.78, 5) is 38.2. The second-order valence-electron chi connectivity index (χ2n) is 9.23. The van der Waals surface area contributed by atoms with Crippen LogP contribution in [-0.4, -0.2) is 34.4 Å². The lowest BCUT2D eigenvalue weighted by Crippen LogP contribution is -2.77. The number of carbonyl (C=O) groups excluding carboxylic acids is 2. The third kappa shape index (κ3) is 2.67. The van der Waals surface area contributed by atoms with Crippen molar-refractivity contribution in [3.05, 3.63) is 35.9 Å². The monoisotopic (exact) mass is 400 g/mol. The predicted octanol–water partition coefficient (Wildman–Crippen LogP) is 3.03. The van der Waals surface area contributed by atoms with E-state index >= 15 is 0 Å². The van der Waals surface area contributed by atoms with Crippen LogP contribution in [0, 0.1) is 23.7 Å². The molecule has 4 aliphatic heterocycles. The van der Waals surface area contributed by atoms with E-state index in [1.807, 2.05) is 19.9 Å². The Morgan fingerprint density at radius 2 is 1.86 bits per heavy atom. The number of nitrogens with one attached hydrogen (secondary N) is 1. The van der Waals surface area contributed by atoms with E-state index in [1.54, 1.807) is 24.3 Å². The fourth-order valence-electron chi connectivity index (χ4n) is 5.94. The first kappa shape index (κ1) is 19.0. The number of hydrogen-bond acceptors (Lipinski definition) is 5. The number of fused-ring (bicyclic) bond motifs is 2. The van der Waals surface area contributed by atoms with Gasteiger partial charge in [0.25, 0.3) is 5.91 Å². The maximum absolute atomic E-state index is 13.4. The molecule has 4 saturated heterocycles. The summed E-state index contributed by atoms with van der Waals surface area (Å²) in [7, 11) is 0. The summed E-state index contributed by atoms with van der Waals surface area (Å²) in [5, 5.41) is 1.38. The summed E-state index contributed by atoms with van der Waals surface area (Å²) in [6, 6.07) is 8.89. The van der Waals surface area contributed by atoms with Gasteiger partial charge >= 0.3 is 0 Å². The molecule has 0 aromatic heterocycles. The van der Waals surface area contributed by atoms with Gasteiger partial charge in [-0.25, -0.2) is 14.8 Å². The van der Waals surface area contributed by atoms with Crippen molar-refractivity contribution < 1.29 is 24.1 Å².